The number of urea groups is 1. The summed E-state index contributed by atoms with van der Waals surface area (Å²) in [5, 5.41) is 3.43. The number of hydrogen-bond donors (Lipinski definition) is 1. The lowest BCUT2D eigenvalue weighted by atomic mass is 9.90. The average molecular weight is 351 g/mol. The number of halogens is 3. The summed E-state index contributed by atoms with van der Waals surface area (Å²) in [6, 6.07) is 7.83. The second-order valence-corrected chi connectivity index (χ2v) is 6.54. The van der Waals surface area contributed by atoms with Crippen molar-refractivity contribution in [3.8, 4) is 5.75 Å². The van der Waals surface area contributed by atoms with Gasteiger partial charge in [-0.05, 0) is 37.3 Å². The molecule has 2 atom stereocenters. The van der Waals surface area contributed by atoms with Crippen molar-refractivity contribution in [3.63, 3.8) is 0 Å². The quantitative estimate of drug-likeness (QED) is 0.828. The molecule has 124 valence electrons. The molecular weight excluding hydrogens is 338 g/mol. The van der Waals surface area contributed by atoms with Crippen molar-refractivity contribution >= 4 is 23.3 Å². The highest BCUT2D eigenvalue weighted by molar-refractivity contribution is 6.30. The third kappa shape index (κ3) is 2.21. The van der Waals surface area contributed by atoms with Crippen molar-refractivity contribution in [3.05, 3.63) is 58.6 Å². The van der Waals surface area contributed by atoms with Crippen molar-refractivity contribution in [2.75, 3.05) is 4.90 Å². The Morgan fingerprint density at radius 1 is 1.25 bits per heavy atom. The van der Waals surface area contributed by atoms with Crippen LogP contribution in [0.5, 0.6) is 5.75 Å². The fraction of sp³-hybridized carbons (Fsp3) is 0.235. The van der Waals surface area contributed by atoms with Gasteiger partial charge in [-0.3, -0.25) is 4.90 Å². The fourth-order valence-corrected chi connectivity index (χ4v) is 3.54. The Morgan fingerprint density at radius 2 is 2.04 bits per heavy atom. The molecule has 1 saturated heterocycles. The third-order valence-electron chi connectivity index (χ3n) is 4.40. The minimum Gasteiger partial charge on any atom is -0.467 e. The van der Waals surface area contributed by atoms with Crippen LogP contribution in [0.3, 0.4) is 0 Å². The number of carbonyl (C=O) groups excluding carboxylic acids is 1. The molecule has 0 aromatic heterocycles. The number of amides is 2. The maximum absolute atomic E-state index is 13.6. The van der Waals surface area contributed by atoms with Gasteiger partial charge in [0.25, 0.3) is 0 Å². The van der Waals surface area contributed by atoms with Gasteiger partial charge in [0, 0.05) is 23.1 Å². The highest BCUT2D eigenvalue weighted by Crippen LogP contribution is 2.46. The van der Waals surface area contributed by atoms with Gasteiger partial charge in [-0.25, -0.2) is 13.6 Å². The van der Waals surface area contributed by atoms with E-state index in [0.29, 0.717) is 17.2 Å². The third-order valence-corrected chi connectivity index (χ3v) is 4.63. The van der Waals surface area contributed by atoms with Crippen LogP contribution in [0.4, 0.5) is 19.3 Å². The molecule has 2 aromatic rings. The van der Waals surface area contributed by atoms with E-state index < -0.39 is 23.4 Å². The first kappa shape index (κ1) is 15.2. The number of benzene rings is 2. The summed E-state index contributed by atoms with van der Waals surface area (Å²) in [6.07, 6.45) is 0.449. The molecule has 4 nitrogen and oxygen atoms in total. The molecule has 1 fully saturated rings. The average Bonchev–Trinajstić information content (AvgIpc) is 2.51. The van der Waals surface area contributed by atoms with Crippen LogP contribution < -0.4 is 15.0 Å². The smallest absolute Gasteiger partial charge is 0.325 e. The zero-order valence-corrected chi connectivity index (χ0v) is 13.4. The van der Waals surface area contributed by atoms with E-state index in [0.717, 1.165) is 17.7 Å². The predicted molar refractivity (Wildman–Crippen MR) is 85.2 cm³/mol. The van der Waals surface area contributed by atoms with Crippen LogP contribution >= 0.6 is 11.6 Å². The topological polar surface area (TPSA) is 41.6 Å². The molecule has 0 spiro atoms. The monoisotopic (exact) mass is 350 g/mol. The van der Waals surface area contributed by atoms with Gasteiger partial charge in [0.2, 0.25) is 0 Å². The second-order valence-electron chi connectivity index (χ2n) is 6.10. The number of ether oxygens (including phenoxy) is 1. The molecule has 2 bridgehead atoms. The van der Waals surface area contributed by atoms with Crippen molar-refractivity contribution in [2.24, 2.45) is 0 Å². The fourth-order valence-electron chi connectivity index (χ4n) is 3.36. The van der Waals surface area contributed by atoms with Crippen molar-refractivity contribution in [1.82, 2.24) is 5.32 Å². The summed E-state index contributed by atoms with van der Waals surface area (Å²) in [5.41, 5.74) is 0.0148. The zero-order valence-electron chi connectivity index (χ0n) is 12.6. The molecule has 0 radical (unpaired) electrons. The number of rotatable bonds is 1. The standard InChI is InChI=1S/C17H13ClF2N2O2/c1-17-8-14(11-6-9(18)2-5-15(11)24-17)21-16(23)22(17)10-3-4-12(19)13(20)7-10/h2-7,14H,8H2,1H3,(H,21,23). The van der Waals surface area contributed by atoms with E-state index in [2.05, 4.69) is 5.32 Å². The van der Waals surface area contributed by atoms with Crippen LogP contribution in [-0.2, 0) is 0 Å². The molecular formula is C17H13ClF2N2O2. The van der Waals surface area contributed by atoms with Gasteiger partial charge in [0.15, 0.2) is 17.4 Å². The molecule has 2 aliphatic heterocycles. The van der Waals surface area contributed by atoms with Gasteiger partial charge in [-0.2, -0.15) is 0 Å². The highest BCUT2D eigenvalue weighted by atomic mass is 35.5. The number of hydrogen-bond acceptors (Lipinski definition) is 2. The summed E-state index contributed by atoms with van der Waals surface area (Å²) in [6.45, 7) is 1.75. The van der Waals surface area contributed by atoms with Gasteiger partial charge in [0.05, 0.1) is 11.7 Å². The maximum atomic E-state index is 13.6. The molecule has 2 amide bonds. The first-order chi connectivity index (χ1) is 11.4. The van der Waals surface area contributed by atoms with Gasteiger partial charge >= 0.3 is 6.03 Å². The van der Waals surface area contributed by atoms with Crippen LogP contribution in [0.25, 0.3) is 0 Å². The molecule has 7 heteroatoms. The summed E-state index contributed by atoms with van der Waals surface area (Å²) in [4.78, 5) is 13.9. The number of nitrogens with one attached hydrogen (secondary N) is 1. The molecule has 1 N–H and O–H groups in total. The first-order valence-electron chi connectivity index (χ1n) is 7.42. The Bertz CT molecular complexity index is 860. The van der Waals surface area contributed by atoms with Crippen LogP contribution in [0, 0.1) is 11.6 Å². The van der Waals surface area contributed by atoms with E-state index in [1.807, 2.05) is 0 Å². The minimum absolute atomic E-state index is 0.227. The molecule has 2 heterocycles. The zero-order chi connectivity index (χ0) is 17.1. The second kappa shape index (κ2) is 5.08. The summed E-state index contributed by atoms with van der Waals surface area (Å²) >= 11 is 6.03. The molecule has 24 heavy (non-hydrogen) atoms. The van der Waals surface area contributed by atoms with E-state index in [9.17, 15) is 13.6 Å². The van der Waals surface area contributed by atoms with Crippen molar-refractivity contribution < 1.29 is 18.3 Å². The van der Waals surface area contributed by atoms with Crippen molar-refractivity contribution in [1.29, 1.82) is 0 Å². The van der Waals surface area contributed by atoms with Gasteiger partial charge in [-0.1, -0.05) is 11.6 Å². The molecule has 4 rings (SSSR count). The first-order valence-corrected chi connectivity index (χ1v) is 7.79. The van der Waals surface area contributed by atoms with Crippen LogP contribution in [-0.4, -0.2) is 11.8 Å². The SMILES string of the molecule is CC12CC(NC(=O)N1c1ccc(F)c(F)c1)c1cc(Cl)ccc1O2. The van der Waals surface area contributed by atoms with Gasteiger partial charge in [-0.15, -0.1) is 0 Å². The Labute approximate surface area is 142 Å². The number of anilines is 1. The summed E-state index contributed by atoms with van der Waals surface area (Å²) < 4.78 is 32.9. The van der Waals surface area contributed by atoms with E-state index in [1.54, 1.807) is 25.1 Å². The summed E-state index contributed by atoms with van der Waals surface area (Å²) in [5.74, 6) is -1.39. The van der Waals surface area contributed by atoms with E-state index in [1.165, 1.54) is 11.0 Å². The Morgan fingerprint density at radius 3 is 2.79 bits per heavy atom. The van der Waals surface area contributed by atoms with E-state index in [-0.39, 0.29) is 11.7 Å². The van der Waals surface area contributed by atoms with Gasteiger partial charge < -0.3 is 10.1 Å². The molecule has 0 aliphatic carbocycles. The van der Waals surface area contributed by atoms with Crippen LogP contribution in [0.15, 0.2) is 36.4 Å². The van der Waals surface area contributed by atoms with E-state index in [4.69, 9.17) is 16.3 Å². The molecule has 2 aromatic carbocycles. The Kier molecular flexibility index (Phi) is 3.22. The lowest BCUT2D eigenvalue weighted by Gasteiger charge is -2.50. The number of nitrogens with zero attached hydrogens (tertiary/aromatic N) is 1. The number of carbonyl (C=O) groups is 1. The van der Waals surface area contributed by atoms with Crippen molar-refractivity contribution in [2.45, 2.75) is 25.1 Å². The minimum atomic E-state index is -1.02. The lowest BCUT2D eigenvalue weighted by Crippen LogP contribution is -2.65. The molecule has 2 unspecified atom stereocenters. The Hall–Kier alpha value is -2.34. The Balaban J connectivity index is 1.80. The highest BCUT2D eigenvalue weighted by Gasteiger charge is 2.50. The normalized spacial score (nSPS) is 24.9. The van der Waals surface area contributed by atoms with E-state index >= 15 is 0 Å². The molecule has 0 saturated carbocycles. The predicted octanol–water partition coefficient (Wildman–Crippen LogP) is 4.39. The number of fused-ring (bicyclic) bond motifs is 4. The largest absolute Gasteiger partial charge is 0.467 e. The summed E-state index contributed by atoms with van der Waals surface area (Å²) in [7, 11) is 0. The van der Waals surface area contributed by atoms with Crippen LogP contribution in [0.1, 0.15) is 24.9 Å². The van der Waals surface area contributed by atoms with Gasteiger partial charge in [0.1, 0.15) is 5.75 Å². The van der Waals surface area contributed by atoms with Crippen LogP contribution in [0.2, 0.25) is 5.02 Å². The maximum Gasteiger partial charge on any atom is 0.325 e. The molecule has 2 aliphatic rings. The lowest BCUT2D eigenvalue weighted by molar-refractivity contribution is 0.0378.